The molecule has 2 saturated heterocycles. The van der Waals surface area contributed by atoms with Crippen molar-refractivity contribution in [1.29, 1.82) is 0 Å². The van der Waals surface area contributed by atoms with E-state index in [9.17, 15) is 33.9 Å². The molecule has 2 aliphatic heterocycles. The Morgan fingerprint density at radius 2 is 1.55 bits per heavy atom. The minimum absolute atomic E-state index is 0.00539. The normalized spacial score (nSPS) is 17.0. The molecule has 25 nitrogen and oxygen atoms in total. The maximum Gasteiger partial charge on any atom is 0.263 e. The lowest BCUT2D eigenvalue weighted by molar-refractivity contribution is -0.144. The van der Waals surface area contributed by atoms with Gasteiger partial charge < -0.3 is 50.4 Å². The molecular formula is C61H81N15O10S. The number of nitrogens with one attached hydrogen (secondary N) is 4. The molecule has 26 heteroatoms. The van der Waals surface area contributed by atoms with Gasteiger partial charge in [-0.3, -0.25) is 38.2 Å². The van der Waals surface area contributed by atoms with Crippen molar-refractivity contribution in [3.05, 3.63) is 98.9 Å². The maximum absolute atomic E-state index is 14.0. The highest BCUT2D eigenvalue weighted by Gasteiger charge is 2.44. The summed E-state index contributed by atoms with van der Waals surface area (Å²) in [6, 6.07) is 9.81. The van der Waals surface area contributed by atoms with Crippen LogP contribution in [-0.2, 0) is 53.0 Å². The highest BCUT2D eigenvalue weighted by Crippen LogP contribution is 2.33. The molecule has 3 fully saturated rings. The van der Waals surface area contributed by atoms with Crippen LogP contribution in [-0.4, -0.2) is 181 Å². The van der Waals surface area contributed by atoms with Gasteiger partial charge in [0.05, 0.1) is 91.5 Å². The molecule has 3 atom stereocenters. The highest BCUT2D eigenvalue weighted by molar-refractivity contribution is 7.13. The van der Waals surface area contributed by atoms with E-state index >= 15 is 0 Å². The summed E-state index contributed by atoms with van der Waals surface area (Å²) in [5.41, 5.74) is 6.88. The van der Waals surface area contributed by atoms with Crippen molar-refractivity contribution >= 4 is 69.2 Å². The van der Waals surface area contributed by atoms with Gasteiger partial charge in [0, 0.05) is 95.4 Å². The number of ether oxygens (including phenoxy) is 3. The van der Waals surface area contributed by atoms with Crippen LogP contribution in [0.5, 0.6) is 0 Å². The third-order valence-corrected chi connectivity index (χ3v) is 17.0. The maximum atomic E-state index is 14.0. The number of fused-ring (bicyclic) bond motifs is 1. The van der Waals surface area contributed by atoms with Crippen molar-refractivity contribution in [3.63, 3.8) is 0 Å². The van der Waals surface area contributed by atoms with Crippen molar-refractivity contribution in [2.75, 3.05) is 89.1 Å². The zero-order valence-corrected chi connectivity index (χ0v) is 51.4. The van der Waals surface area contributed by atoms with Crippen LogP contribution in [0.1, 0.15) is 112 Å². The molecule has 4 amide bonds. The van der Waals surface area contributed by atoms with Crippen LogP contribution in [0.15, 0.2) is 65.3 Å². The van der Waals surface area contributed by atoms with E-state index in [1.54, 1.807) is 39.2 Å². The lowest BCUT2D eigenvalue weighted by Gasteiger charge is -2.35. The number of piperazine rings is 1. The van der Waals surface area contributed by atoms with Gasteiger partial charge in [-0.25, -0.2) is 19.6 Å². The molecule has 0 unspecified atom stereocenters. The Labute approximate surface area is 510 Å². The first kappa shape index (κ1) is 63.9. The van der Waals surface area contributed by atoms with Crippen LogP contribution in [0.2, 0.25) is 0 Å². The number of ketones is 1. The number of aryl methyl sites for hydroxylation is 2. The summed E-state index contributed by atoms with van der Waals surface area (Å²) in [7, 11) is 0. The number of benzene rings is 1. The highest BCUT2D eigenvalue weighted by atomic mass is 32.1. The zero-order chi connectivity index (χ0) is 61.6. The molecule has 9 rings (SSSR count). The van der Waals surface area contributed by atoms with E-state index in [-0.39, 0.29) is 74.4 Å². The van der Waals surface area contributed by atoms with Gasteiger partial charge in [-0.15, -0.1) is 16.4 Å². The van der Waals surface area contributed by atoms with Gasteiger partial charge in [0.25, 0.3) is 5.56 Å². The molecule has 3 aliphatic rings. The molecule has 0 radical (unpaired) electrons. The first-order chi connectivity index (χ1) is 41.9. The summed E-state index contributed by atoms with van der Waals surface area (Å²) in [5, 5.41) is 31.6. The Kier molecular flexibility index (Phi) is 21.9. The molecule has 5 aromatic heterocycles. The summed E-state index contributed by atoms with van der Waals surface area (Å²) in [6.07, 6.45) is 8.18. The molecule has 6 aromatic rings. The first-order valence-electron chi connectivity index (χ1n) is 30.0. The number of pyridine rings is 2. The zero-order valence-electron chi connectivity index (χ0n) is 50.6. The Morgan fingerprint density at radius 1 is 0.839 bits per heavy atom. The standard InChI is InChI=1S/C61H81N15O10S/c1-39-48-34-65-60(69-56(48)76(45-9-7-8-10-45)58(82)53(39)41(3)77)67-50-16-15-46(33-63-50)73-22-20-72(21-23-73)35-44-36-74(71-70-44)24-26-85-28-30-86-29-27-84-25-19-62-51(79)17-18-52(80)68-55(61(4,5)6)59(83)75-37-47(78)31-49(75)57(81)64-32-42-11-13-43(14-12-42)54-40(2)66-38-87-54/h11-16,33-34,36,38,45,47,49,55,78H,7-10,17-32,35,37H2,1-6H3,(H,62,79)(H,64,81)(H,68,80)(H,63,65,67,69)/t47-,49+,55-/m1/s1. The number of aliphatic hydroxyl groups is 1. The third kappa shape index (κ3) is 16.9. The number of amides is 4. The van der Waals surface area contributed by atoms with Crippen LogP contribution in [0.25, 0.3) is 21.5 Å². The third-order valence-electron chi connectivity index (χ3n) is 16.0. The molecule has 5 N–H and O–H groups in total. The van der Waals surface area contributed by atoms with Gasteiger partial charge >= 0.3 is 0 Å². The Balaban J connectivity index is 0.593. The number of anilines is 3. The number of hydrogen-bond acceptors (Lipinski definition) is 20. The summed E-state index contributed by atoms with van der Waals surface area (Å²) in [6.45, 7) is 17.7. The van der Waals surface area contributed by atoms with Gasteiger partial charge in [0.2, 0.25) is 29.6 Å². The number of nitrogens with zero attached hydrogens (tertiary/aromatic N) is 11. The molecule has 7 heterocycles. The fourth-order valence-electron chi connectivity index (χ4n) is 11.3. The summed E-state index contributed by atoms with van der Waals surface area (Å²) in [4.78, 5) is 105. The van der Waals surface area contributed by atoms with E-state index in [0.29, 0.717) is 74.5 Å². The van der Waals surface area contributed by atoms with Gasteiger partial charge in [-0.2, -0.15) is 4.98 Å². The fourth-order valence-corrected chi connectivity index (χ4v) is 12.1. The van der Waals surface area contributed by atoms with E-state index in [4.69, 9.17) is 19.2 Å². The lowest BCUT2D eigenvalue weighted by atomic mass is 9.85. The molecule has 1 aliphatic carbocycles. The van der Waals surface area contributed by atoms with Crippen molar-refractivity contribution in [2.24, 2.45) is 5.41 Å². The molecule has 1 aromatic carbocycles. The van der Waals surface area contributed by atoms with Crippen molar-refractivity contribution in [1.82, 2.24) is 65.2 Å². The van der Waals surface area contributed by atoms with E-state index in [1.165, 1.54) is 11.8 Å². The summed E-state index contributed by atoms with van der Waals surface area (Å²) >= 11 is 1.56. The Morgan fingerprint density at radius 3 is 2.23 bits per heavy atom. The fraction of sp³-hybridized carbons (Fsp3) is 0.541. The number of carbonyl (C=O) groups excluding carboxylic acids is 5. The number of likely N-dealkylation sites (tertiary alicyclic amines) is 1. The van der Waals surface area contributed by atoms with Gasteiger partial charge in [0.15, 0.2) is 5.78 Å². The second-order valence-corrected chi connectivity index (χ2v) is 24.3. The topological polar surface area (TPSA) is 295 Å². The molecule has 0 bridgehead atoms. The number of thiazole rings is 1. The Hall–Kier alpha value is -7.62. The molecule has 0 spiro atoms. The minimum Gasteiger partial charge on any atom is -0.391 e. The van der Waals surface area contributed by atoms with Crippen molar-refractivity contribution in [3.8, 4) is 10.4 Å². The second kappa shape index (κ2) is 29.9. The van der Waals surface area contributed by atoms with Crippen LogP contribution < -0.4 is 31.7 Å². The minimum atomic E-state index is -1.01. The average Bonchev–Trinajstić information content (AvgIpc) is 2.95. The number of Topliss-reactive ketones (excluding diaryl/α,β-unsaturated/α-hetero) is 1. The predicted octanol–water partition coefficient (Wildman–Crippen LogP) is 4.66. The molecular weight excluding hydrogens is 1130 g/mol. The number of aromatic nitrogens is 8. The number of hydrogen-bond donors (Lipinski definition) is 5. The monoisotopic (exact) mass is 1220 g/mol. The number of aliphatic hydroxyl groups excluding tert-OH is 1. The van der Waals surface area contributed by atoms with Crippen LogP contribution in [0, 0.1) is 19.3 Å². The summed E-state index contributed by atoms with van der Waals surface area (Å²) in [5.74, 6) is -1.04. The molecule has 1 saturated carbocycles. The van der Waals surface area contributed by atoms with Gasteiger partial charge in [-0.1, -0.05) is 63.1 Å². The first-order valence-corrected chi connectivity index (χ1v) is 30.8. The number of β-amino-alcohol motifs (C(OH)–C–C–N with tert-alkyl or cyclic N) is 1. The molecule has 87 heavy (non-hydrogen) atoms. The van der Waals surface area contributed by atoms with Crippen molar-refractivity contribution in [2.45, 2.75) is 130 Å². The molecule has 466 valence electrons. The predicted molar refractivity (Wildman–Crippen MR) is 327 cm³/mol. The second-order valence-electron chi connectivity index (χ2n) is 23.5. The van der Waals surface area contributed by atoms with E-state index in [0.717, 1.165) is 84.9 Å². The summed E-state index contributed by atoms with van der Waals surface area (Å²) < 4.78 is 20.5. The average molecular weight is 1220 g/mol. The van der Waals surface area contributed by atoms with Crippen LogP contribution >= 0.6 is 11.3 Å². The van der Waals surface area contributed by atoms with E-state index in [2.05, 4.69) is 56.3 Å². The van der Waals surface area contributed by atoms with Gasteiger partial charge in [0.1, 0.15) is 23.5 Å². The van der Waals surface area contributed by atoms with E-state index in [1.807, 2.05) is 76.5 Å². The quantitative estimate of drug-likeness (QED) is 0.0330. The Bertz CT molecular complexity index is 3390. The SMILES string of the molecule is CC(=O)c1c(C)c2cnc(Nc3ccc(N4CCN(Cc5cn(CCOCCOCCOCCNC(=O)CCC(=O)N[C@H](C(=O)N6C[C@H](O)C[C@H]6C(=O)NCc6ccc(-c7scnc7C)cc6)C(C)(C)C)nn5)CC4)cn3)nc2n(C2CCCC2)c1=O. The lowest BCUT2D eigenvalue weighted by Crippen LogP contribution is -2.57. The van der Waals surface area contributed by atoms with Gasteiger partial charge in [-0.05, 0) is 67.9 Å². The number of rotatable bonds is 28. The van der Waals surface area contributed by atoms with Crippen LogP contribution in [0.3, 0.4) is 0 Å². The largest absolute Gasteiger partial charge is 0.391 e. The smallest absolute Gasteiger partial charge is 0.263 e. The van der Waals surface area contributed by atoms with Crippen molar-refractivity contribution < 1.29 is 43.3 Å². The number of carbonyl (C=O) groups is 5. The van der Waals surface area contributed by atoms with Crippen LogP contribution in [0.4, 0.5) is 17.5 Å². The van der Waals surface area contributed by atoms with E-state index < -0.39 is 41.3 Å².